The summed E-state index contributed by atoms with van der Waals surface area (Å²) in [5, 5.41) is 4.95. The lowest BCUT2D eigenvalue weighted by molar-refractivity contribution is 0.668. The van der Waals surface area contributed by atoms with Gasteiger partial charge in [0.25, 0.3) is 0 Å². The number of aromatic nitrogens is 1. The first kappa shape index (κ1) is 24.8. The number of allylic oxidation sites excluding steroid dienone is 4. The van der Waals surface area contributed by atoms with Crippen molar-refractivity contribution in [2.75, 3.05) is 0 Å². The summed E-state index contributed by atoms with van der Waals surface area (Å²) in [5.41, 5.74) is 11.7. The zero-order chi connectivity index (χ0) is 29.5. The molecule has 0 saturated heterocycles. The molecule has 2 aromatic heterocycles. The highest BCUT2D eigenvalue weighted by atomic mass is 16.3. The molecule has 0 radical (unpaired) electrons. The summed E-state index contributed by atoms with van der Waals surface area (Å²) in [6.45, 7) is 0. The summed E-state index contributed by atoms with van der Waals surface area (Å²) < 4.78 is 8.68. The first-order valence-electron chi connectivity index (χ1n) is 15.8. The van der Waals surface area contributed by atoms with E-state index in [1.54, 1.807) is 0 Å². The number of nitrogens with zero attached hydrogens (tertiary/aromatic N) is 1. The molecule has 2 unspecified atom stereocenters. The number of furan rings is 1. The number of hydrogen-bond donors (Lipinski definition) is 0. The second kappa shape index (κ2) is 9.20. The maximum atomic E-state index is 6.18. The predicted molar refractivity (Wildman–Crippen MR) is 185 cm³/mol. The van der Waals surface area contributed by atoms with Crippen LogP contribution < -0.4 is 0 Å². The van der Waals surface area contributed by atoms with E-state index in [1.165, 1.54) is 66.1 Å². The van der Waals surface area contributed by atoms with Crippen molar-refractivity contribution in [2.24, 2.45) is 0 Å². The molecule has 2 nitrogen and oxygen atoms in total. The molecule has 45 heavy (non-hydrogen) atoms. The Morgan fingerprint density at radius 1 is 0.600 bits per heavy atom. The van der Waals surface area contributed by atoms with Gasteiger partial charge in [0.1, 0.15) is 11.2 Å². The zero-order valence-corrected chi connectivity index (χ0v) is 24.7. The van der Waals surface area contributed by atoms with Crippen molar-refractivity contribution in [1.82, 2.24) is 4.57 Å². The van der Waals surface area contributed by atoms with Gasteiger partial charge in [-0.1, -0.05) is 127 Å². The summed E-state index contributed by atoms with van der Waals surface area (Å²) >= 11 is 0. The van der Waals surface area contributed by atoms with Gasteiger partial charge in [-0.05, 0) is 64.6 Å². The van der Waals surface area contributed by atoms with Crippen LogP contribution in [0.15, 0.2) is 168 Å². The Labute approximate surface area is 261 Å². The fourth-order valence-corrected chi connectivity index (χ4v) is 8.32. The average Bonchev–Trinajstić information content (AvgIpc) is 3.66. The van der Waals surface area contributed by atoms with Crippen LogP contribution in [0, 0.1) is 0 Å². The quantitative estimate of drug-likeness (QED) is 0.205. The first-order chi connectivity index (χ1) is 22.3. The van der Waals surface area contributed by atoms with Crippen molar-refractivity contribution >= 4 is 43.7 Å². The lowest BCUT2D eigenvalue weighted by atomic mass is 9.61. The highest BCUT2D eigenvalue weighted by Crippen LogP contribution is 2.55. The fourth-order valence-electron chi connectivity index (χ4n) is 8.32. The topological polar surface area (TPSA) is 18.1 Å². The number of para-hydroxylation sites is 4. The molecule has 1 aliphatic heterocycles. The van der Waals surface area contributed by atoms with Crippen molar-refractivity contribution in [1.29, 1.82) is 0 Å². The molecule has 1 aliphatic carbocycles. The maximum absolute atomic E-state index is 6.18. The molecule has 212 valence electrons. The van der Waals surface area contributed by atoms with Crippen LogP contribution in [0.1, 0.15) is 34.6 Å². The van der Waals surface area contributed by atoms with Crippen LogP contribution in [0.4, 0.5) is 0 Å². The highest BCUT2D eigenvalue weighted by molar-refractivity contribution is 6.12. The van der Waals surface area contributed by atoms with Gasteiger partial charge in [0.05, 0.1) is 22.1 Å². The van der Waals surface area contributed by atoms with E-state index in [1.807, 2.05) is 6.07 Å². The van der Waals surface area contributed by atoms with Crippen LogP contribution in [-0.4, -0.2) is 4.57 Å². The molecular formula is C43H29NO. The van der Waals surface area contributed by atoms with E-state index in [4.69, 9.17) is 4.42 Å². The third-order valence-corrected chi connectivity index (χ3v) is 10.2. The van der Waals surface area contributed by atoms with Gasteiger partial charge in [0, 0.05) is 27.5 Å². The summed E-state index contributed by atoms with van der Waals surface area (Å²) in [5.74, 6) is 0.239. The fraction of sp³-hybridized carbons (Fsp3) is 0.0698. The number of hydrogen-bond acceptors (Lipinski definition) is 1. The van der Waals surface area contributed by atoms with Crippen LogP contribution >= 0.6 is 0 Å². The molecule has 0 saturated carbocycles. The Morgan fingerprint density at radius 2 is 1.33 bits per heavy atom. The molecule has 2 aliphatic rings. The molecule has 0 fully saturated rings. The van der Waals surface area contributed by atoms with Gasteiger partial charge >= 0.3 is 0 Å². The smallest absolute Gasteiger partial charge is 0.135 e. The molecule has 10 rings (SSSR count). The van der Waals surface area contributed by atoms with Crippen LogP contribution in [0.3, 0.4) is 0 Å². The van der Waals surface area contributed by atoms with Crippen molar-refractivity contribution < 1.29 is 4.42 Å². The highest BCUT2D eigenvalue weighted by Gasteiger charge is 2.46. The maximum Gasteiger partial charge on any atom is 0.135 e. The van der Waals surface area contributed by atoms with Gasteiger partial charge < -0.3 is 8.98 Å². The van der Waals surface area contributed by atoms with Gasteiger partial charge in [0.15, 0.2) is 0 Å². The van der Waals surface area contributed by atoms with E-state index in [9.17, 15) is 0 Å². The minimum Gasteiger partial charge on any atom is -0.456 e. The SMILES string of the molecule is C1=CC(C2(c3ccccc3)c3ccccc3-n3c4ccccc4c4cccc2c43)=CC(c2ccc3oc4ccccc4c3c2)C1. The Morgan fingerprint density at radius 3 is 2.27 bits per heavy atom. The van der Waals surface area contributed by atoms with E-state index < -0.39 is 5.41 Å². The number of benzene rings is 6. The Hall–Kier alpha value is -5.60. The molecule has 2 atom stereocenters. The first-order valence-corrected chi connectivity index (χ1v) is 15.8. The van der Waals surface area contributed by atoms with Gasteiger partial charge in [-0.2, -0.15) is 0 Å². The van der Waals surface area contributed by atoms with E-state index >= 15 is 0 Å². The minimum atomic E-state index is -0.483. The summed E-state index contributed by atoms with van der Waals surface area (Å²) in [4.78, 5) is 0. The summed E-state index contributed by atoms with van der Waals surface area (Å²) in [6, 6.07) is 51.0. The standard InChI is InChI=1S/C43H29NO/c1-2-13-30(14-3-1)43(31-15-10-12-28(26-31)29-24-25-41-35(27-29)33-17-5-9-23-40(33)45-41)36-19-6-8-22-39(36)44-38-21-7-4-16-32(38)34-18-11-20-37(43)42(34)44/h1-11,13-28H,12H2. The van der Waals surface area contributed by atoms with Crippen LogP contribution in [0.25, 0.3) is 49.4 Å². The molecule has 3 heterocycles. The van der Waals surface area contributed by atoms with E-state index in [-0.39, 0.29) is 5.92 Å². The molecule has 2 heteroatoms. The second-order valence-corrected chi connectivity index (χ2v) is 12.4. The minimum absolute atomic E-state index is 0.239. The summed E-state index contributed by atoms with van der Waals surface area (Å²) in [6.07, 6.45) is 8.28. The van der Waals surface area contributed by atoms with Gasteiger partial charge in [-0.15, -0.1) is 0 Å². The summed E-state index contributed by atoms with van der Waals surface area (Å²) in [7, 11) is 0. The zero-order valence-electron chi connectivity index (χ0n) is 24.7. The van der Waals surface area contributed by atoms with Crippen LogP contribution in [0.2, 0.25) is 0 Å². The lowest BCUT2D eigenvalue weighted by Crippen LogP contribution is -2.36. The van der Waals surface area contributed by atoms with Gasteiger partial charge in [0.2, 0.25) is 0 Å². The van der Waals surface area contributed by atoms with Gasteiger partial charge in [-0.25, -0.2) is 0 Å². The van der Waals surface area contributed by atoms with Crippen molar-refractivity contribution in [3.63, 3.8) is 0 Å². The van der Waals surface area contributed by atoms with Crippen molar-refractivity contribution in [3.05, 3.63) is 186 Å². The molecule has 0 bridgehead atoms. The predicted octanol–water partition coefficient (Wildman–Crippen LogP) is 11.0. The largest absolute Gasteiger partial charge is 0.456 e. The Kier molecular flexibility index (Phi) is 5.07. The van der Waals surface area contributed by atoms with Crippen molar-refractivity contribution in [2.45, 2.75) is 17.8 Å². The lowest BCUT2D eigenvalue weighted by Gasteiger charge is -2.43. The number of rotatable bonds is 3. The molecule has 0 spiro atoms. The number of fused-ring (bicyclic) bond motifs is 8. The van der Waals surface area contributed by atoms with E-state index in [2.05, 4.69) is 156 Å². The molecule has 0 amide bonds. The second-order valence-electron chi connectivity index (χ2n) is 12.4. The molecular weight excluding hydrogens is 546 g/mol. The van der Waals surface area contributed by atoms with Crippen molar-refractivity contribution in [3.8, 4) is 5.69 Å². The van der Waals surface area contributed by atoms with E-state index in [0.29, 0.717) is 0 Å². The Bertz CT molecular complexity index is 2520. The normalized spacial score (nSPS) is 18.9. The monoisotopic (exact) mass is 575 g/mol. The molecule has 8 aromatic rings. The van der Waals surface area contributed by atoms with Crippen LogP contribution in [-0.2, 0) is 5.41 Å². The van der Waals surface area contributed by atoms with Gasteiger partial charge in [-0.3, -0.25) is 0 Å². The molecule has 6 aromatic carbocycles. The average molecular weight is 576 g/mol. The third-order valence-electron chi connectivity index (χ3n) is 10.2. The third kappa shape index (κ3) is 3.29. The molecule has 0 N–H and O–H groups in total. The van der Waals surface area contributed by atoms with E-state index in [0.717, 1.165) is 17.6 Å². The van der Waals surface area contributed by atoms with Crippen LogP contribution in [0.5, 0.6) is 0 Å². The Balaban J connectivity index is 1.28.